The molecule has 19 heavy (non-hydrogen) atoms. The van der Waals surface area contributed by atoms with E-state index >= 15 is 0 Å². The number of hydrogen-bond donors (Lipinski definition) is 0. The fourth-order valence-electron chi connectivity index (χ4n) is 2.80. The molecule has 0 atom stereocenters. The second-order valence-corrected chi connectivity index (χ2v) is 4.61. The first-order valence-corrected chi connectivity index (χ1v) is 6.55. The number of rotatable bonds is 1. The fraction of sp³-hybridized carbons (Fsp3) is 0.0526. The Hall–Kier alpha value is -2.34. The Kier molecular flexibility index (Phi) is 2.92. The highest BCUT2D eigenvalue weighted by Gasteiger charge is 2.03. The van der Waals surface area contributed by atoms with Gasteiger partial charge < -0.3 is 0 Å². The molecule has 0 bridgehead atoms. The molecule has 0 N–H and O–H groups in total. The van der Waals surface area contributed by atoms with Gasteiger partial charge >= 0.3 is 0 Å². The molecule has 0 spiro atoms. The molecule has 3 aromatic rings. The van der Waals surface area contributed by atoms with Crippen LogP contribution < -0.4 is 10.4 Å². The second kappa shape index (κ2) is 4.74. The van der Waals surface area contributed by atoms with E-state index in [0.717, 1.165) is 0 Å². The predicted octanol–water partition coefficient (Wildman–Crippen LogP) is 3.76. The van der Waals surface area contributed by atoms with Gasteiger partial charge in [0.05, 0.1) is 0 Å². The first-order valence-electron chi connectivity index (χ1n) is 6.55. The lowest BCUT2D eigenvalue weighted by Gasteiger charge is -2.06. The van der Waals surface area contributed by atoms with Crippen molar-refractivity contribution < 1.29 is 0 Å². The van der Waals surface area contributed by atoms with Crippen LogP contribution in [-0.2, 0) is 0 Å². The molecule has 0 saturated carbocycles. The molecule has 3 rings (SSSR count). The summed E-state index contributed by atoms with van der Waals surface area (Å²) >= 11 is 0. The molecule has 0 aliphatic rings. The minimum atomic E-state index is 1.26. The topological polar surface area (TPSA) is 0 Å². The molecule has 0 heterocycles. The number of hydrogen-bond acceptors (Lipinski definition) is 0. The summed E-state index contributed by atoms with van der Waals surface area (Å²) in [6, 6.07) is 17.2. The average Bonchev–Trinajstić information content (AvgIpc) is 2.48. The van der Waals surface area contributed by atoms with Gasteiger partial charge in [-0.2, -0.15) is 0 Å². The normalized spacial score (nSPS) is 13.3. The highest BCUT2D eigenvalue weighted by Crippen LogP contribution is 2.19. The molecule has 0 heteroatoms. The van der Waals surface area contributed by atoms with Gasteiger partial charge in [0, 0.05) is 0 Å². The monoisotopic (exact) mass is 244 g/mol. The van der Waals surface area contributed by atoms with E-state index in [2.05, 4.69) is 74.2 Å². The SMILES string of the molecule is C=C/C=c1\c(=C/C)c2ccccc2c2ccccc12. The van der Waals surface area contributed by atoms with Gasteiger partial charge in [0.15, 0.2) is 0 Å². The highest BCUT2D eigenvalue weighted by molar-refractivity contribution is 6.08. The lowest BCUT2D eigenvalue weighted by atomic mass is 9.97. The van der Waals surface area contributed by atoms with Gasteiger partial charge in [-0.05, 0) is 38.9 Å². The van der Waals surface area contributed by atoms with E-state index in [4.69, 9.17) is 0 Å². The van der Waals surface area contributed by atoms with E-state index in [1.54, 1.807) is 0 Å². The molecule has 0 radical (unpaired) electrons. The van der Waals surface area contributed by atoms with E-state index in [0.29, 0.717) is 0 Å². The Labute approximate surface area is 113 Å². The number of fused-ring (bicyclic) bond motifs is 3. The standard InChI is InChI=1S/C19H16/c1-3-9-15-14(4-2)16-10-5-6-12-18(16)19-13-8-7-11-17(15)19/h3-13H,1H2,2H3/b14-4+,15-9+. The van der Waals surface area contributed by atoms with E-state index in [1.807, 2.05) is 6.08 Å². The summed E-state index contributed by atoms with van der Waals surface area (Å²) in [5.74, 6) is 0. The van der Waals surface area contributed by atoms with Crippen molar-refractivity contribution >= 4 is 33.7 Å². The first kappa shape index (κ1) is 11.7. The average molecular weight is 244 g/mol. The third kappa shape index (κ3) is 1.77. The maximum Gasteiger partial charge on any atom is -0.00990 e. The van der Waals surface area contributed by atoms with Gasteiger partial charge in [-0.3, -0.25) is 0 Å². The van der Waals surface area contributed by atoms with Gasteiger partial charge in [-0.25, -0.2) is 0 Å². The first-order chi connectivity index (χ1) is 9.36. The summed E-state index contributed by atoms with van der Waals surface area (Å²) in [6.45, 7) is 5.94. The largest absolute Gasteiger partial charge is 0.0990 e. The second-order valence-electron chi connectivity index (χ2n) is 4.61. The molecule has 0 nitrogen and oxygen atoms in total. The third-order valence-electron chi connectivity index (χ3n) is 3.59. The smallest absolute Gasteiger partial charge is 0.00990 e. The van der Waals surface area contributed by atoms with E-state index in [1.165, 1.54) is 32.0 Å². The van der Waals surface area contributed by atoms with E-state index in [9.17, 15) is 0 Å². The van der Waals surface area contributed by atoms with Gasteiger partial charge in [0.1, 0.15) is 0 Å². The number of allylic oxidation sites excluding steroid dienone is 1. The van der Waals surface area contributed by atoms with Crippen LogP contribution in [0.4, 0.5) is 0 Å². The van der Waals surface area contributed by atoms with E-state index in [-0.39, 0.29) is 0 Å². The van der Waals surface area contributed by atoms with Crippen LogP contribution in [0.1, 0.15) is 6.92 Å². The van der Waals surface area contributed by atoms with Crippen LogP contribution in [0.15, 0.2) is 61.2 Å². The van der Waals surface area contributed by atoms with Crippen molar-refractivity contribution in [2.75, 3.05) is 0 Å². The molecule has 92 valence electrons. The molecule has 0 saturated heterocycles. The molecular weight excluding hydrogens is 228 g/mol. The minimum absolute atomic E-state index is 1.26. The zero-order valence-corrected chi connectivity index (χ0v) is 11.1. The van der Waals surface area contributed by atoms with Crippen LogP contribution >= 0.6 is 0 Å². The van der Waals surface area contributed by atoms with Crippen molar-refractivity contribution in [1.82, 2.24) is 0 Å². The summed E-state index contributed by atoms with van der Waals surface area (Å²) < 4.78 is 0. The Balaban J connectivity index is 2.79. The summed E-state index contributed by atoms with van der Waals surface area (Å²) in [7, 11) is 0. The molecule has 0 unspecified atom stereocenters. The maximum atomic E-state index is 3.85. The summed E-state index contributed by atoms with van der Waals surface area (Å²) in [4.78, 5) is 0. The van der Waals surface area contributed by atoms with Gasteiger partial charge in [0.2, 0.25) is 0 Å². The number of benzene rings is 3. The summed E-state index contributed by atoms with van der Waals surface area (Å²) in [5.41, 5.74) is 0. The van der Waals surface area contributed by atoms with E-state index < -0.39 is 0 Å². The van der Waals surface area contributed by atoms with Crippen molar-refractivity contribution in [3.8, 4) is 0 Å². The molecule has 0 fully saturated rings. The third-order valence-corrected chi connectivity index (χ3v) is 3.59. The molecular formula is C19H16. The molecule has 0 aliphatic heterocycles. The predicted molar refractivity (Wildman–Crippen MR) is 85.5 cm³/mol. The molecule has 0 aliphatic carbocycles. The summed E-state index contributed by atoms with van der Waals surface area (Å²) in [6.07, 6.45) is 6.15. The Morgan fingerprint density at radius 2 is 1.21 bits per heavy atom. The van der Waals surface area contributed by atoms with Crippen molar-refractivity contribution in [1.29, 1.82) is 0 Å². The quantitative estimate of drug-likeness (QED) is 0.572. The molecule has 3 aromatic carbocycles. The lowest BCUT2D eigenvalue weighted by molar-refractivity contribution is 1.61. The van der Waals surface area contributed by atoms with Crippen molar-refractivity contribution in [3.63, 3.8) is 0 Å². The van der Waals surface area contributed by atoms with Gasteiger partial charge in [-0.1, -0.05) is 73.3 Å². The van der Waals surface area contributed by atoms with Crippen LogP contribution in [0.2, 0.25) is 0 Å². The van der Waals surface area contributed by atoms with Crippen LogP contribution in [0.3, 0.4) is 0 Å². The Morgan fingerprint density at radius 1 is 0.737 bits per heavy atom. The zero-order valence-electron chi connectivity index (χ0n) is 11.1. The Bertz CT molecular complexity index is 883. The fourth-order valence-corrected chi connectivity index (χ4v) is 2.80. The van der Waals surface area contributed by atoms with Crippen LogP contribution in [0.5, 0.6) is 0 Å². The van der Waals surface area contributed by atoms with Gasteiger partial charge in [-0.15, -0.1) is 0 Å². The highest BCUT2D eigenvalue weighted by atomic mass is 14.1. The van der Waals surface area contributed by atoms with Crippen molar-refractivity contribution in [2.45, 2.75) is 6.92 Å². The van der Waals surface area contributed by atoms with Crippen LogP contribution in [-0.4, -0.2) is 0 Å². The van der Waals surface area contributed by atoms with Crippen LogP contribution in [0, 0.1) is 0 Å². The maximum absolute atomic E-state index is 3.85. The van der Waals surface area contributed by atoms with Crippen molar-refractivity contribution in [2.24, 2.45) is 0 Å². The van der Waals surface area contributed by atoms with Gasteiger partial charge in [0.25, 0.3) is 0 Å². The minimum Gasteiger partial charge on any atom is -0.0990 e. The zero-order chi connectivity index (χ0) is 13.2. The van der Waals surface area contributed by atoms with Crippen LogP contribution in [0.25, 0.3) is 33.7 Å². The van der Waals surface area contributed by atoms with Crippen molar-refractivity contribution in [3.05, 3.63) is 71.6 Å². The molecule has 0 aromatic heterocycles. The molecule has 0 amide bonds. The Morgan fingerprint density at radius 3 is 1.68 bits per heavy atom. The lowest BCUT2D eigenvalue weighted by Crippen LogP contribution is -2.26. The summed E-state index contributed by atoms with van der Waals surface area (Å²) in [5, 5.41) is 7.75.